The third kappa shape index (κ3) is 3.97. The maximum absolute atomic E-state index is 12.8. The third-order valence-electron chi connectivity index (χ3n) is 4.05. The highest BCUT2D eigenvalue weighted by molar-refractivity contribution is 7.09. The van der Waals surface area contributed by atoms with Gasteiger partial charge in [-0.1, -0.05) is 20.8 Å². The Balaban J connectivity index is 2.13. The average molecular weight is 333 g/mol. The monoisotopic (exact) mass is 333 g/mol. The lowest BCUT2D eigenvalue weighted by molar-refractivity contribution is -0.142. The first-order valence-electron chi connectivity index (χ1n) is 7.88. The maximum Gasteiger partial charge on any atom is 0.227 e. The Hall–Kier alpha value is -1.74. The van der Waals surface area contributed by atoms with E-state index in [9.17, 15) is 14.9 Å². The molecule has 2 heterocycles. The summed E-state index contributed by atoms with van der Waals surface area (Å²) in [6.45, 7) is 8.61. The number of nitriles is 1. The molecule has 1 aromatic rings. The van der Waals surface area contributed by atoms with Gasteiger partial charge in [0, 0.05) is 35.5 Å². The van der Waals surface area contributed by atoms with Gasteiger partial charge in [0.1, 0.15) is 5.01 Å². The summed E-state index contributed by atoms with van der Waals surface area (Å²) in [5.74, 6) is -1.13. The fourth-order valence-corrected chi connectivity index (χ4v) is 3.69. The van der Waals surface area contributed by atoms with Crippen LogP contribution in [0.2, 0.25) is 0 Å². The van der Waals surface area contributed by atoms with E-state index < -0.39 is 11.3 Å². The van der Waals surface area contributed by atoms with Gasteiger partial charge in [-0.3, -0.25) is 9.59 Å². The van der Waals surface area contributed by atoms with Gasteiger partial charge in [-0.05, 0) is 19.8 Å². The molecule has 1 amide bonds. The zero-order valence-corrected chi connectivity index (χ0v) is 14.9. The van der Waals surface area contributed by atoms with Gasteiger partial charge in [0.05, 0.1) is 6.07 Å². The number of ketones is 1. The molecule has 1 fully saturated rings. The van der Waals surface area contributed by atoms with E-state index in [4.69, 9.17) is 0 Å². The van der Waals surface area contributed by atoms with E-state index in [1.165, 1.54) is 11.3 Å². The molecule has 0 aromatic carbocycles. The smallest absolute Gasteiger partial charge is 0.227 e. The van der Waals surface area contributed by atoms with E-state index in [1.807, 2.05) is 33.1 Å². The molecule has 1 aromatic heterocycles. The number of carbonyl (C=O) groups excluding carboxylic acids is 2. The summed E-state index contributed by atoms with van der Waals surface area (Å²) in [6.07, 6.45) is 1.53. The fraction of sp³-hybridized carbons (Fsp3) is 0.647. The van der Waals surface area contributed by atoms with Gasteiger partial charge in [-0.2, -0.15) is 5.26 Å². The first kappa shape index (κ1) is 17.6. The van der Waals surface area contributed by atoms with Gasteiger partial charge >= 0.3 is 0 Å². The second kappa shape index (κ2) is 6.79. The standard InChI is InChI=1S/C17H23N3O2S/c1-11-10-23-15(19-11)13(8-18)14(21)12-6-5-7-20(9-12)16(22)17(2,3)4/h10,12-13H,5-7,9H2,1-4H3/t12-,13-/m1/s1. The van der Waals surface area contributed by atoms with Crippen LogP contribution in [0.3, 0.4) is 0 Å². The molecule has 0 saturated carbocycles. The number of carbonyl (C=O) groups is 2. The van der Waals surface area contributed by atoms with E-state index in [-0.39, 0.29) is 17.6 Å². The van der Waals surface area contributed by atoms with Gasteiger partial charge in [-0.25, -0.2) is 4.98 Å². The molecule has 5 nitrogen and oxygen atoms in total. The molecule has 0 N–H and O–H groups in total. The van der Waals surface area contributed by atoms with Gasteiger partial charge < -0.3 is 4.90 Å². The summed E-state index contributed by atoms with van der Waals surface area (Å²) < 4.78 is 0. The lowest BCUT2D eigenvalue weighted by Gasteiger charge is -2.36. The summed E-state index contributed by atoms with van der Waals surface area (Å²) in [4.78, 5) is 31.3. The second-order valence-corrected chi connectivity index (χ2v) is 8.02. The minimum atomic E-state index is -0.816. The summed E-state index contributed by atoms with van der Waals surface area (Å²) in [6, 6.07) is 2.10. The van der Waals surface area contributed by atoms with Crippen molar-refractivity contribution in [3.05, 3.63) is 16.1 Å². The van der Waals surface area contributed by atoms with Gasteiger partial charge in [0.15, 0.2) is 11.7 Å². The first-order chi connectivity index (χ1) is 10.7. The van der Waals surface area contributed by atoms with Crippen molar-refractivity contribution in [1.29, 1.82) is 5.26 Å². The van der Waals surface area contributed by atoms with Crippen LogP contribution >= 0.6 is 11.3 Å². The van der Waals surface area contributed by atoms with Crippen molar-refractivity contribution in [2.75, 3.05) is 13.1 Å². The molecule has 1 saturated heterocycles. The minimum Gasteiger partial charge on any atom is -0.342 e. The van der Waals surface area contributed by atoms with Gasteiger partial charge in [0.25, 0.3) is 0 Å². The molecular weight excluding hydrogens is 310 g/mol. The number of aryl methyl sites for hydroxylation is 1. The first-order valence-corrected chi connectivity index (χ1v) is 8.76. The lowest BCUT2D eigenvalue weighted by atomic mass is 9.86. The largest absolute Gasteiger partial charge is 0.342 e. The zero-order valence-electron chi connectivity index (χ0n) is 14.1. The van der Waals surface area contributed by atoms with E-state index in [2.05, 4.69) is 11.1 Å². The molecule has 2 rings (SSSR count). The Morgan fingerprint density at radius 1 is 1.48 bits per heavy atom. The van der Waals surface area contributed by atoms with Gasteiger partial charge in [-0.15, -0.1) is 11.3 Å². The molecule has 2 atom stereocenters. The summed E-state index contributed by atoms with van der Waals surface area (Å²) in [5.41, 5.74) is 0.373. The summed E-state index contributed by atoms with van der Waals surface area (Å²) in [5, 5.41) is 11.8. The van der Waals surface area contributed by atoms with Crippen LogP contribution in [-0.2, 0) is 9.59 Å². The molecule has 0 aliphatic carbocycles. The van der Waals surface area contributed by atoms with Crippen LogP contribution < -0.4 is 0 Å². The van der Waals surface area contributed by atoms with E-state index in [1.54, 1.807) is 4.90 Å². The number of Topliss-reactive ketones (excluding diaryl/α,β-unsaturated/α-hetero) is 1. The Kier molecular flexibility index (Phi) is 5.20. The molecule has 1 aliphatic rings. The van der Waals surface area contributed by atoms with Crippen LogP contribution in [0.4, 0.5) is 0 Å². The van der Waals surface area contributed by atoms with Crippen molar-refractivity contribution in [2.24, 2.45) is 11.3 Å². The lowest BCUT2D eigenvalue weighted by Crippen LogP contribution is -2.47. The number of piperidine rings is 1. The quantitative estimate of drug-likeness (QED) is 0.852. The number of hydrogen-bond acceptors (Lipinski definition) is 5. The van der Waals surface area contributed by atoms with Crippen LogP contribution in [0, 0.1) is 29.6 Å². The Labute approximate surface area is 141 Å². The van der Waals surface area contributed by atoms with Crippen LogP contribution in [-0.4, -0.2) is 34.7 Å². The minimum absolute atomic E-state index is 0.0635. The molecule has 0 radical (unpaired) electrons. The SMILES string of the molecule is Cc1csc([C@H](C#N)C(=O)[C@@H]2CCCN(C(=O)C(C)(C)C)C2)n1. The molecule has 124 valence electrons. The highest BCUT2D eigenvalue weighted by Gasteiger charge is 2.36. The fourth-order valence-electron chi connectivity index (χ4n) is 2.85. The maximum atomic E-state index is 12.8. The van der Waals surface area contributed by atoms with Crippen LogP contribution in [0.15, 0.2) is 5.38 Å². The van der Waals surface area contributed by atoms with Gasteiger partial charge in [0.2, 0.25) is 5.91 Å². The molecule has 0 bridgehead atoms. The predicted molar refractivity (Wildman–Crippen MR) is 89.0 cm³/mol. The van der Waals surface area contributed by atoms with Crippen molar-refractivity contribution < 1.29 is 9.59 Å². The number of nitrogens with zero attached hydrogens (tertiary/aromatic N) is 3. The summed E-state index contributed by atoms with van der Waals surface area (Å²) >= 11 is 1.35. The van der Waals surface area contributed by atoms with Crippen molar-refractivity contribution in [1.82, 2.24) is 9.88 Å². The van der Waals surface area contributed by atoms with Crippen LogP contribution in [0.25, 0.3) is 0 Å². The molecule has 0 spiro atoms. The van der Waals surface area contributed by atoms with E-state index in [0.717, 1.165) is 18.5 Å². The summed E-state index contributed by atoms with van der Waals surface area (Å²) in [7, 11) is 0. The van der Waals surface area contributed by atoms with Crippen molar-refractivity contribution in [3.63, 3.8) is 0 Å². The molecule has 6 heteroatoms. The zero-order chi connectivity index (χ0) is 17.2. The molecule has 1 aliphatic heterocycles. The van der Waals surface area contributed by atoms with Crippen molar-refractivity contribution in [2.45, 2.75) is 46.5 Å². The highest BCUT2D eigenvalue weighted by atomic mass is 32.1. The third-order valence-corrected chi connectivity index (χ3v) is 5.08. The normalized spacial score (nSPS) is 20.0. The van der Waals surface area contributed by atoms with E-state index >= 15 is 0 Å². The molecular formula is C17H23N3O2S. The Bertz CT molecular complexity index is 639. The second-order valence-electron chi connectivity index (χ2n) is 7.13. The van der Waals surface area contributed by atoms with Crippen LogP contribution in [0.5, 0.6) is 0 Å². The Morgan fingerprint density at radius 2 is 2.17 bits per heavy atom. The topological polar surface area (TPSA) is 74.1 Å². The molecule has 0 unspecified atom stereocenters. The predicted octanol–water partition coefficient (Wildman–Crippen LogP) is 2.91. The number of rotatable bonds is 3. The number of likely N-dealkylation sites (tertiary alicyclic amines) is 1. The van der Waals surface area contributed by atoms with Crippen molar-refractivity contribution >= 4 is 23.0 Å². The van der Waals surface area contributed by atoms with E-state index in [0.29, 0.717) is 18.1 Å². The number of amides is 1. The number of thiazole rings is 1. The highest BCUT2D eigenvalue weighted by Crippen LogP contribution is 2.29. The van der Waals surface area contributed by atoms with Crippen LogP contribution in [0.1, 0.15) is 50.2 Å². The molecule has 23 heavy (non-hydrogen) atoms. The van der Waals surface area contributed by atoms with Crippen molar-refractivity contribution in [3.8, 4) is 6.07 Å². The number of hydrogen-bond donors (Lipinski definition) is 0. The average Bonchev–Trinajstić information content (AvgIpc) is 2.92. The Morgan fingerprint density at radius 3 is 2.70 bits per heavy atom. The number of aromatic nitrogens is 1.